The van der Waals surface area contributed by atoms with Gasteiger partial charge in [0.2, 0.25) is 5.89 Å². The van der Waals surface area contributed by atoms with Gasteiger partial charge in [-0.3, -0.25) is 0 Å². The Bertz CT molecular complexity index is 2550. The summed E-state index contributed by atoms with van der Waals surface area (Å²) in [7, 11) is 0. The van der Waals surface area contributed by atoms with Crippen molar-refractivity contribution in [1.29, 1.82) is 0 Å². The number of anilines is 3. The molecule has 0 N–H and O–H groups in total. The molecule has 50 heavy (non-hydrogen) atoms. The van der Waals surface area contributed by atoms with Crippen LogP contribution in [0, 0.1) is 0 Å². The molecule has 0 aliphatic carbocycles. The van der Waals surface area contributed by atoms with Gasteiger partial charge in [-0.05, 0) is 72.3 Å². The molecule has 9 rings (SSSR count). The zero-order valence-electron chi connectivity index (χ0n) is 27.0. The quantitative estimate of drug-likeness (QED) is 0.173. The number of rotatable bonds is 7. The number of aromatic nitrogens is 3. The molecular formula is C45H30N4O. The first kappa shape index (κ1) is 29.3. The maximum atomic E-state index is 6.09. The topological polar surface area (TPSA) is 55.1 Å². The van der Waals surface area contributed by atoms with Gasteiger partial charge in [0.25, 0.3) is 0 Å². The highest BCUT2D eigenvalue weighted by Crippen LogP contribution is 2.42. The van der Waals surface area contributed by atoms with E-state index in [4.69, 9.17) is 19.4 Å². The molecule has 0 amide bonds. The number of hydrogen-bond donors (Lipinski definition) is 0. The molecule has 0 radical (unpaired) electrons. The van der Waals surface area contributed by atoms with E-state index in [0.29, 0.717) is 5.89 Å². The van der Waals surface area contributed by atoms with Crippen LogP contribution in [0.25, 0.3) is 67.2 Å². The van der Waals surface area contributed by atoms with E-state index in [1.807, 2.05) is 72.8 Å². The van der Waals surface area contributed by atoms with E-state index in [1.165, 1.54) is 0 Å². The zero-order valence-corrected chi connectivity index (χ0v) is 27.0. The summed E-state index contributed by atoms with van der Waals surface area (Å²) in [6.45, 7) is 0. The molecule has 0 aliphatic heterocycles. The minimum Gasteiger partial charge on any atom is -0.436 e. The van der Waals surface area contributed by atoms with E-state index in [9.17, 15) is 0 Å². The Morgan fingerprint density at radius 1 is 0.360 bits per heavy atom. The van der Waals surface area contributed by atoms with Gasteiger partial charge in [0, 0.05) is 33.6 Å². The van der Waals surface area contributed by atoms with Crippen molar-refractivity contribution >= 4 is 39.2 Å². The Hall–Kier alpha value is -6.85. The lowest BCUT2D eigenvalue weighted by atomic mass is 10.0. The molecule has 0 spiro atoms. The normalized spacial score (nSPS) is 11.2. The van der Waals surface area contributed by atoms with Crippen molar-refractivity contribution in [3.05, 3.63) is 182 Å². The standard InChI is InChI=1S/C45H30N4O/c1-3-13-31(14-4-1)37-17-7-11-21-41(37)49(36-29-25-34(26-30-36)45-48-40-20-10-12-22-42(40)50-45)35-27-23-33(24-28-35)44-43(32-15-5-2-6-16-32)46-38-18-8-9-19-39(38)47-44/h1-30H. The summed E-state index contributed by atoms with van der Waals surface area (Å²) in [5, 5.41) is 0. The van der Waals surface area contributed by atoms with Crippen LogP contribution in [0.15, 0.2) is 186 Å². The van der Waals surface area contributed by atoms with E-state index in [2.05, 4.69) is 114 Å². The van der Waals surface area contributed by atoms with Crippen LogP contribution in [0.1, 0.15) is 0 Å². The van der Waals surface area contributed by atoms with Gasteiger partial charge in [-0.1, -0.05) is 115 Å². The SMILES string of the molecule is c1ccc(-c2ccccc2N(c2ccc(-c3nc4ccccc4o3)cc2)c2ccc(-c3nc4ccccc4nc3-c3ccccc3)cc2)cc1. The van der Waals surface area contributed by atoms with E-state index < -0.39 is 0 Å². The van der Waals surface area contributed by atoms with Crippen molar-refractivity contribution in [3.8, 4) is 45.1 Å². The molecule has 0 saturated carbocycles. The van der Waals surface area contributed by atoms with E-state index >= 15 is 0 Å². The van der Waals surface area contributed by atoms with Gasteiger partial charge in [0.05, 0.1) is 28.1 Å². The van der Waals surface area contributed by atoms with Crippen LogP contribution in [0.3, 0.4) is 0 Å². The van der Waals surface area contributed by atoms with Crippen molar-refractivity contribution < 1.29 is 4.42 Å². The molecule has 0 saturated heterocycles. The average molecular weight is 643 g/mol. The van der Waals surface area contributed by atoms with Crippen molar-refractivity contribution in [2.24, 2.45) is 0 Å². The molecule has 5 nitrogen and oxygen atoms in total. The van der Waals surface area contributed by atoms with Crippen LogP contribution in [-0.4, -0.2) is 15.0 Å². The van der Waals surface area contributed by atoms with Gasteiger partial charge >= 0.3 is 0 Å². The highest BCUT2D eigenvalue weighted by Gasteiger charge is 2.19. The van der Waals surface area contributed by atoms with Crippen molar-refractivity contribution in [1.82, 2.24) is 15.0 Å². The first-order valence-corrected chi connectivity index (χ1v) is 16.6. The Morgan fingerprint density at radius 3 is 1.46 bits per heavy atom. The molecule has 0 unspecified atom stereocenters. The van der Waals surface area contributed by atoms with Gasteiger partial charge in [-0.25, -0.2) is 15.0 Å². The molecule has 2 heterocycles. The Balaban J connectivity index is 1.16. The predicted molar refractivity (Wildman–Crippen MR) is 204 cm³/mol. The van der Waals surface area contributed by atoms with Gasteiger partial charge in [-0.15, -0.1) is 0 Å². The third-order valence-corrected chi connectivity index (χ3v) is 8.91. The largest absolute Gasteiger partial charge is 0.436 e. The lowest BCUT2D eigenvalue weighted by Crippen LogP contribution is -2.11. The third-order valence-electron chi connectivity index (χ3n) is 8.91. The van der Waals surface area contributed by atoms with Crippen LogP contribution in [0.2, 0.25) is 0 Å². The summed E-state index contributed by atoms with van der Waals surface area (Å²) < 4.78 is 6.09. The monoisotopic (exact) mass is 642 g/mol. The highest BCUT2D eigenvalue weighted by molar-refractivity contribution is 5.90. The predicted octanol–water partition coefficient (Wildman–Crippen LogP) is 11.9. The fourth-order valence-electron chi connectivity index (χ4n) is 6.47. The lowest BCUT2D eigenvalue weighted by Gasteiger charge is -2.28. The molecular weight excluding hydrogens is 613 g/mol. The number of nitrogens with zero attached hydrogens (tertiary/aromatic N) is 4. The summed E-state index contributed by atoms with van der Waals surface area (Å²) in [4.78, 5) is 17.2. The number of hydrogen-bond acceptors (Lipinski definition) is 5. The average Bonchev–Trinajstić information content (AvgIpc) is 3.64. The van der Waals surface area contributed by atoms with Crippen LogP contribution >= 0.6 is 0 Å². The molecule has 0 fully saturated rings. The number of para-hydroxylation sites is 5. The van der Waals surface area contributed by atoms with Gasteiger partial charge in [-0.2, -0.15) is 0 Å². The molecule has 0 aliphatic rings. The minimum absolute atomic E-state index is 0.601. The first-order chi connectivity index (χ1) is 24.8. The van der Waals surface area contributed by atoms with Crippen LogP contribution < -0.4 is 4.90 Å². The van der Waals surface area contributed by atoms with E-state index in [1.54, 1.807) is 0 Å². The highest BCUT2D eigenvalue weighted by atomic mass is 16.3. The van der Waals surface area contributed by atoms with E-state index in [0.717, 1.165) is 78.4 Å². The minimum atomic E-state index is 0.601. The maximum Gasteiger partial charge on any atom is 0.227 e. The second-order valence-corrected chi connectivity index (χ2v) is 12.1. The molecule has 2 aromatic heterocycles. The van der Waals surface area contributed by atoms with Crippen molar-refractivity contribution in [3.63, 3.8) is 0 Å². The second kappa shape index (κ2) is 12.6. The summed E-state index contributed by atoms with van der Waals surface area (Å²) in [5.74, 6) is 0.601. The zero-order chi connectivity index (χ0) is 33.3. The maximum absolute atomic E-state index is 6.09. The van der Waals surface area contributed by atoms with Gasteiger partial charge in [0.1, 0.15) is 5.52 Å². The molecule has 9 aromatic rings. The van der Waals surface area contributed by atoms with E-state index in [-0.39, 0.29) is 0 Å². The second-order valence-electron chi connectivity index (χ2n) is 12.1. The smallest absolute Gasteiger partial charge is 0.227 e. The summed E-state index contributed by atoms with van der Waals surface area (Å²) in [6, 6.07) is 62.2. The van der Waals surface area contributed by atoms with Gasteiger partial charge < -0.3 is 9.32 Å². The lowest BCUT2D eigenvalue weighted by molar-refractivity contribution is 0.620. The number of benzene rings is 7. The molecule has 0 atom stereocenters. The Morgan fingerprint density at radius 2 is 0.840 bits per heavy atom. The van der Waals surface area contributed by atoms with Crippen molar-refractivity contribution in [2.45, 2.75) is 0 Å². The Labute approximate surface area is 289 Å². The summed E-state index contributed by atoms with van der Waals surface area (Å²) >= 11 is 0. The molecule has 5 heteroatoms. The third kappa shape index (κ3) is 5.47. The summed E-state index contributed by atoms with van der Waals surface area (Å²) in [6.07, 6.45) is 0. The van der Waals surface area contributed by atoms with Crippen LogP contribution in [-0.2, 0) is 0 Å². The van der Waals surface area contributed by atoms with Crippen LogP contribution in [0.5, 0.6) is 0 Å². The fraction of sp³-hybridized carbons (Fsp3) is 0. The fourth-order valence-corrected chi connectivity index (χ4v) is 6.47. The van der Waals surface area contributed by atoms with Crippen molar-refractivity contribution in [2.75, 3.05) is 4.90 Å². The molecule has 7 aromatic carbocycles. The molecule has 0 bridgehead atoms. The van der Waals surface area contributed by atoms with Crippen LogP contribution in [0.4, 0.5) is 17.1 Å². The van der Waals surface area contributed by atoms with Gasteiger partial charge in [0.15, 0.2) is 5.58 Å². The first-order valence-electron chi connectivity index (χ1n) is 16.6. The number of oxazole rings is 1. The summed E-state index contributed by atoms with van der Waals surface area (Å²) in [5.41, 5.74) is 13.4. The number of fused-ring (bicyclic) bond motifs is 2. The molecule has 236 valence electrons. The Kier molecular flexibility index (Phi) is 7.41.